The van der Waals surface area contributed by atoms with Crippen LogP contribution in [0.3, 0.4) is 0 Å². The molecule has 51 heavy (non-hydrogen) atoms. The second kappa shape index (κ2) is 17.1. The fraction of sp³-hybridized carbons (Fsp3) is 0.182. The summed E-state index contributed by atoms with van der Waals surface area (Å²) in [5, 5.41) is 5.05. The van der Waals surface area contributed by atoms with Crippen molar-refractivity contribution in [2.45, 2.75) is 31.9 Å². The molecule has 6 nitrogen and oxygen atoms in total. The number of rotatable bonds is 15. The predicted octanol–water partition coefficient (Wildman–Crippen LogP) is 8.65. The lowest BCUT2D eigenvalue weighted by Crippen LogP contribution is -2.47. The molecule has 0 saturated heterocycles. The van der Waals surface area contributed by atoms with Crippen molar-refractivity contribution in [2.24, 2.45) is 5.92 Å². The van der Waals surface area contributed by atoms with Crippen LogP contribution >= 0.6 is 7.37 Å². The third-order valence-electron chi connectivity index (χ3n) is 9.09. The molecule has 258 valence electrons. The summed E-state index contributed by atoms with van der Waals surface area (Å²) < 4.78 is 19.4. The molecule has 1 amide bonds. The van der Waals surface area contributed by atoms with Crippen LogP contribution in [0.1, 0.15) is 22.3 Å². The van der Waals surface area contributed by atoms with E-state index in [0.29, 0.717) is 6.42 Å². The monoisotopic (exact) mass is 695 g/mol. The highest BCUT2D eigenvalue weighted by molar-refractivity contribution is 7.58. The van der Waals surface area contributed by atoms with Crippen LogP contribution < -0.4 is 5.32 Å². The minimum absolute atomic E-state index is 0.0490. The van der Waals surface area contributed by atoms with Crippen molar-refractivity contribution in [3.05, 3.63) is 180 Å². The third kappa shape index (κ3) is 10.4. The molecule has 2 N–H and O–H groups in total. The van der Waals surface area contributed by atoms with Crippen LogP contribution in [0.4, 0.5) is 0 Å². The van der Waals surface area contributed by atoms with Crippen LogP contribution in [0.2, 0.25) is 0 Å². The van der Waals surface area contributed by atoms with E-state index in [0.717, 1.165) is 44.2 Å². The zero-order valence-electron chi connectivity index (χ0n) is 28.4. The number of hydrogen-bond acceptors (Lipinski definition) is 4. The molecule has 0 aliphatic rings. The van der Waals surface area contributed by atoms with Crippen molar-refractivity contribution in [3.8, 4) is 11.1 Å². The highest BCUT2D eigenvalue weighted by atomic mass is 31.2. The highest BCUT2D eigenvalue weighted by Crippen LogP contribution is 2.44. The highest BCUT2D eigenvalue weighted by Gasteiger charge is 2.32. The van der Waals surface area contributed by atoms with Gasteiger partial charge in [-0.05, 0) is 57.0 Å². The summed E-state index contributed by atoms with van der Waals surface area (Å²) in [4.78, 5) is 39.1. The van der Waals surface area contributed by atoms with E-state index in [1.807, 2.05) is 158 Å². The van der Waals surface area contributed by atoms with Crippen LogP contribution in [0, 0.1) is 5.92 Å². The molecule has 0 radical (unpaired) electrons. The molecule has 0 aromatic heterocycles. The van der Waals surface area contributed by atoms with Gasteiger partial charge in [0, 0.05) is 18.7 Å². The number of carbonyl (C=O) groups excluding carboxylic acids is 2. The number of benzene rings is 6. The minimum atomic E-state index is -3.75. The van der Waals surface area contributed by atoms with E-state index in [2.05, 4.69) is 5.32 Å². The predicted molar refractivity (Wildman–Crippen MR) is 205 cm³/mol. The maximum absolute atomic E-state index is 14.2. The Kier molecular flexibility index (Phi) is 11.9. The van der Waals surface area contributed by atoms with Gasteiger partial charge in [0.05, 0.1) is 5.92 Å². The van der Waals surface area contributed by atoms with Gasteiger partial charge in [0.1, 0.15) is 12.6 Å². The summed E-state index contributed by atoms with van der Waals surface area (Å²) in [6.45, 7) is 0.0618. The average molecular weight is 696 g/mol. The second-order valence-corrected chi connectivity index (χ2v) is 15.5. The van der Waals surface area contributed by atoms with Crippen molar-refractivity contribution in [2.75, 3.05) is 12.3 Å². The molecule has 7 heteroatoms. The lowest BCUT2D eigenvalue weighted by atomic mass is 9.96. The van der Waals surface area contributed by atoms with Crippen LogP contribution in [-0.4, -0.2) is 35.1 Å². The van der Waals surface area contributed by atoms with E-state index >= 15 is 0 Å². The molecule has 3 atom stereocenters. The Bertz CT molecular complexity index is 2090. The molecule has 1 unspecified atom stereocenters. The first-order chi connectivity index (χ1) is 24.8. The number of ether oxygens (including phenoxy) is 1. The maximum atomic E-state index is 14.2. The van der Waals surface area contributed by atoms with Gasteiger partial charge in [-0.25, -0.2) is 4.79 Å². The van der Waals surface area contributed by atoms with Crippen molar-refractivity contribution >= 4 is 30.0 Å². The van der Waals surface area contributed by atoms with E-state index in [1.165, 1.54) is 0 Å². The smallest absolute Gasteiger partial charge is 0.329 e. The number of esters is 1. The van der Waals surface area contributed by atoms with E-state index in [4.69, 9.17) is 4.74 Å². The first-order valence-electron chi connectivity index (χ1n) is 17.3. The Morgan fingerprint density at radius 3 is 1.86 bits per heavy atom. The maximum Gasteiger partial charge on any atom is 0.329 e. The summed E-state index contributed by atoms with van der Waals surface area (Å²) in [6.07, 6.45) is 0.693. The Morgan fingerprint density at radius 1 is 0.608 bits per heavy atom. The van der Waals surface area contributed by atoms with Crippen LogP contribution in [0.5, 0.6) is 0 Å². The number of carbonyl (C=O) groups is 2. The van der Waals surface area contributed by atoms with E-state index < -0.39 is 31.2 Å². The summed E-state index contributed by atoms with van der Waals surface area (Å²) in [5.41, 5.74) is 5.62. The Balaban J connectivity index is 1.24. The van der Waals surface area contributed by atoms with Gasteiger partial charge in [-0.3, -0.25) is 9.36 Å². The Hall–Kier alpha value is -5.29. The molecule has 0 aliphatic heterocycles. The average Bonchev–Trinajstić information content (AvgIpc) is 3.17. The van der Waals surface area contributed by atoms with Crippen molar-refractivity contribution in [3.63, 3.8) is 0 Å². The number of nitrogens with one attached hydrogen (secondary N) is 1. The molecule has 6 aromatic carbocycles. The lowest BCUT2D eigenvalue weighted by molar-refractivity contribution is -0.149. The van der Waals surface area contributed by atoms with Gasteiger partial charge in [0.15, 0.2) is 0 Å². The third-order valence-corrected chi connectivity index (χ3v) is 11.0. The first kappa shape index (κ1) is 35.5. The van der Waals surface area contributed by atoms with E-state index in [9.17, 15) is 19.0 Å². The molecule has 6 rings (SSSR count). The summed E-state index contributed by atoms with van der Waals surface area (Å²) >= 11 is 0. The molecular weight excluding hydrogens is 653 g/mol. The molecule has 0 heterocycles. The van der Waals surface area contributed by atoms with Gasteiger partial charge in [0.2, 0.25) is 13.3 Å². The normalized spacial score (nSPS) is 13.5. The molecule has 0 spiro atoms. The van der Waals surface area contributed by atoms with Crippen molar-refractivity contribution in [1.82, 2.24) is 5.32 Å². The zero-order chi connectivity index (χ0) is 35.5. The largest absolute Gasteiger partial charge is 0.459 e. The van der Waals surface area contributed by atoms with Crippen molar-refractivity contribution < 1.29 is 23.8 Å². The van der Waals surface area contributed by atoms with Gasteiger partial charge in [-0.15, -0.1) is 0 Å². The zero-order valence-corrected chi connectivity index (χ0v) is 29.3. The van der Waals surface area contributed by atoms with Crippen LogP contribution in [-0.2, 0) is 44.8 Å². The fourth-order valence-electron chi connectivity index (χ4n) is 6.29. The first-order valence-corrected chi connectivity index (χ1v) is 19.3. The Labute approximate surface area is 299 Å². The fourth-order valence-corrected chi connectivity index (χ4v) is 8.06. The molecule has 0 bridgehead atoms. The molecular formula is C44H42NO5P. The molecule has 0 saturated carbocycles. The van der Waals surface area contributed by atoms with Gasteiger partial charge in [-0.1, -0.05) is 158 Å². The quantitative estimate of drug-likeness (QED) is 0.0829. The van der Waals surface area contributed by atoms with Crippen molar-refractivity contribution in [1.29, 1.82) is 0 Å². The van der Waals surface area contributed by atoms with Gasteiger partial charge in [-0.2, -0.15) is 0 Å². The molecule has 0 fully saturated rings. The number of hydrogen-bond donors (Lipinski definition) is 2. The minimum Gasteiger partial charge on any atom is -0.459 e. The number of fused-ring (bicyclic) bond motifs is 1. The van der Waals surface area contributed by atoms with Gasteiger partial charge in [0.25, 0.3) is 0 Å². The van der Waals surface area contributed by atoms with Gasteiger partial charge >= 0.3 is 5.97 Å². The lowest BCUT2D eigenvalue weighted by Gasteiger charge is -2.24. The Morgan fingerprint density at radius 2 is 1.18 bits per heavy atom. The van der Waals surface area contributed by atoms with Crippen LogP contribution in [0.25, 0.3) is 21.9 Å². The summed E-state index contributed by atoms with van der Waals surface area (Å²) in [6, 6.07) is 49.8. The number of amides is 1. The molecule has 0 aliphatic carbocycles. The second-order valence-electron chi connectivity index (χ2n) is 13.0. The van der Waals surface area contributed by atoms with E-state index in [-0.39, 0.29) is 31.8 Å². The standard InChI is InChI=1S/C44H42NO5P/c46-43(45-42(44(47)50-31-35-14-6-2-7-15-35)30-36-22-25-38-18-10-11-19-40(38)29-36)41(32-51(48,49)27-26-33-12-4-1-5-13-33)28-34-20-23-39(24-21-34)37-16-8-3-9-17-37/h1-25,29,41-42H,26-28,30-32H2,(H,45,46)(H,48,49)/t41-,42-/m0/s1. The van der Waals surface area contributed by atoms with Crippen LogP contribution in [0.15, 0.2) is 158 Å². The number of aryl methyl sites for hydroxylation is 1. The topological polar surface area (TPSA) is 92.7 Å². The van der Waals surface area contributed by atoms with E-state index in [1.54, 1.807) is 0 Å². The SMILES string of the molecule is O=C(N[C@@H](Cc1ccc2ccccc2c1)C(=O)OCc1ccccc1)[C@@H](Cc1ccc(-c2ccccc2)cc1)CP(=O)(O)CCc1ccccc1. The summed E-state index contributed by atoms with van der Waals surface area (Å²) in [5.74, 6) is -1.89. The van der Waals surface area contributed by atoms with Gasteiger partial charge < -0.3 is 14.9 Å². The summed E-state index contributed by atoms with van der Waals surface area (Å²) in [7, 11) is -3.75. The molecule has 6 aromatic rings.